The van der Waals surface area contributed by atoms with Crippen LogP contribution in [0.1, 0.15) is 56.5 Å². The van der Waals surface area contributed by atoms with Gasteiger partial charge in [0.1, 0.15) is 6.10 Å². The van der Waals surface area contributed by atoms with Crippen LogP contribution in [0.5, 0.6) is 0 Å². The summed E-state index contributed by atoms with van der Waals surface area (Å²) in [5.74, 6) is 1.15. The highest BCUT2D eigenvalue weighted by Gasteiger charge is 2.28. The summed E-state index contributed by atoms with van der Waals surface area (Å²) in [5.41, 5.74) is 1.63. The average Bonchev–Trinajstić information content (AvgIpc) is 2.39. The Bertz CT molecular complexity index is 350. The van der Waals surface area contributed by atoms with E-state index in [1.807, 2.05) is 6.92 Å². The molecule has 0 bridgehead atoms. The van der Waals surface area contributed by atoms with Crippen molar-refractivity contribution in [1.82, 2.24) is 9.97 Å². The molecule has 1 saturated carbocycles. The fourth-order valence-corrected chi connectivity index (χ4v) is 2.79. The molecule has 17 heavy (non-hydrogen) atoms. The average molecular weight is 234 g/mol. The van der Waals surface area contributed by atoms with Gasteiger partial charge in [-0.2, -0.15) is 0 Å². The van der Waals surface area contributed by atoms with Crippen LogP contribution in [0, 0.1) is 18.8 Å². The highest BCUT2D eigenvalue weighted by molar-refractivity contribution is 5.05. The summed E-state index contributed by atoms with van der Waals surface area (Å²) < 4.78 is 0. The van der Waals surface area contributed by atoms with Gasteiger partial charge in [0.05, 0.1) is 17.6 Å². The van der Waals surface area contributed by atoms with E-state index in [2.05, 4.69) is 16.9 Å². The topological polar surface area (TPSA) is 46.0 Å². The van der Waals surface area contributed by atoms with Crippen molar-refractivity contribution in [2.75, 3.05) is 0 Å². The molecule has 0 amide bonds. The molecular formula is C14H22N2O. The Morgan fingerprint density at radius 2 is 2.18 bits per heavy atom. The quantitative estimate of drug-likeness (QED) is 0.874. The largest absolute Gasteiger partial charge is 0.386 e. The van der Waals surface area contributed by atoms with Crippen LogP contribution in [0.2, 0.25) is 0 Å². The molecule has 1 aliphatic carbocycles. The molecule has 2 rings (SSSR count). The summed E-state index contributed by atoms with van der Waals surface area (Å²) in [7, 11) is 0. The second kappa shape index (κ2) is 5.58. The maximum atomic E-state index is 10.3. The number of aromatic nitrogens is 2. The number of aliphatic hydroxyl groups excluding tert-OH is 1. The maximum Gasteiger partial charge on any atom is 0.100 e. The molecule has 0 spiro atoms. The van der Waals surface area contributed by atoms with Crippen LogP contribution >= 0.6 is 0 Å². The standard InChI is InChI=1S/C14H22N2O/c1-3-11-5-4-6-12(7-11)14(17)13-9-15-10(2)8-16-13/h8-9,11-12,14,17H,3-7H2,1-2H3. The first kappa shape index (κ1) is 12.5. The number of aliphatic hydroxyl groups is 1. The predicted octanol–water partition coefficient (Wildman–Crippen LogP) is 3.03. The van der Waals surface area contributed by atoms with Crippen molar-refractivity contribution >= 4 is 0 Å². The van der Waals surface area contributed by atoms with Crippen molar-refractivity contribution in [3.63, 3.8) is 0 Å². The van der Waals surface area contributed by atoms with Gasteiger partial charge in [0.2, 0.25) is 0 Å². The lowest BCUT2D eigenvalue weighted by atomic mass is 9.77. The van der Waals surface area contributed by atoms with E-state index in [4.69, 9.17) is 0 Å². The van der Waals surface area contributed by atoms with E-state index in [0.29, 0.717) is 5.92 Å². The molecule has 1 aromatic heterocycles. The second-order valence-electron chi connectivity index (χ2n) is 5.23. The van der Waals surface area contributed by atoms with Crippen molar-refractivity contribution in [2.24, 2.45) is 11.8 Å². The van der Waals surface area contributed by atoms with Gasteiger partial charge in [-0.1, -0.05) is 26.2 Å². The molecule has 1 fully saturated rings. The third-order valence-corrected chi connectivity index (χ3v) is 3.95. The third-order valence-electron chi connectivity index (χ3n) is 3.95. The van der Waals surface area contributed by atoms with Gasteiger partial charge in [-0.05, 0) is 31.6 Å². The van der Waals surface area contributed by atoms with E-state index in [-0.39, 0.29) is 0 Å². The highest BCUT2D eigenvalue weighted by Crippen LogP contribution is 2.37. The van der Waals surface area contributed by atoms with Crippen LogP contribution in [0.25, 0.3) is 0 Å². The summed E-state index contributed by atoms with van der Waals surface area (Å²) in [6.07, 6.45) is 9.05. The van der Waals surface area contributed by atoms with Gasteiger partial charge in [-0.25, -0.2) is 0 Å². The molecule has 1 heterocycles. The van der Waals surface area contributed by atoms with Gasteiger partial charge in [-0.3, -0.25) is 9.97 Å². The molecule has 3 heteroatoms. The Kier molecular flexibility index (Phi) is 4.11. The van der Waals surface area contributed by atoms with Gasteiger partial charge in [0.15, 0.2) is 0 Å². The monoisotopic (exact) mass is 234 g/mol. The van der Waals surface area contributed by atoms with Crippen molar-refractivity contribution in [1.29, 1.82) is 0 Å². The Morgan fingerprint density at radius 3 is 2.82 bits per heavy atom. The van der Waals surface area contributed by atoms with Gasteiger partial charge in [0.25, 0.3) is 0 Å². The lowest BCUT2D eigenvalue weighted by molar-refractivity contribution is 0.0642. The molecule has 0 radical (unpaired) electrons. The molecule has 0 saturated heterocycles. The zero-order chi connectivity index (χ0) is 12.3. The Hall–Kier alpha value is -0.960. The van der Waals surface area contributed by atoms with Crippen molar-refractivity contribution in [3.8, 4) is 0 Å². The van der Waals surface area contributed by atoms with Crippen LogP contribution in [-0.2, 0) is 0 Å². The summed E-state index contributed by atoms with van der Waals surface area (Å²) >= 11 is 0. The maximum absolute atomic E-state index is 10.3. The summed E-state index contributed by atoms with van der Waals surface area (Å²) in [5, 5.41) is 10.3. The first-order chi connectivity index (χ1) is 8.20. The minimum Gasteiger partial charge on any atom is -0.386 e. The van der Waals surface area contributed by atoms with Crippen LogP contribution in [-0.4, -0.2) is 15.1 Å². The molecule has 3 unspecified atom stereocenters. The van der Waals surface area contributed by atoms with E-state index < -0.39 is 6.10 Å². The van der Waals surface area contributed by atoms with Gasteiger partial charge < -0.3 is 5.11 Å². The summed E-state index contributed by atoms with van der Waals surface area (Å²) in [4.78, 5) is 8.50. The fraction of sp³-hybridized carbons (Fsp3) is 0.714. The molecule has 0 aliphatic heterocycles. The van der Waals surface area contributed by atoms with E-state index in [9.17, 15) is 5.11 Å². The van der Waals surface area contributed by atoms with Gasteiger partial charge in [-0.15, -0.1) is 0 Å². The van der Waals surface area contributed by atoms with E-state index >= 15 is 0 Å². The predicted molar refractivity (Wildman–Crippen MR) is 67.5 cm³/mol. The first-order valence-corrected chi connectivity index (χ1v) is 6.67. The highest BCUT2D eigenvalue weighted by atomic mass is 16.3. The van der Waals surface area contributed by atoms with Crippen LogP contribution in [0.4, 0.5) is 0 Å². The van der Waals surface area contributed by atoms with Gasteiger partial charge in [0, 0.05) is 6.20 Å². The number of nitrogens with zero attached hydrogens (tertiary/aromatic N) is 2. The van der Waals surface area contributed by atoms with Gasteiger partial charge >= 0.3 is 0 Å². The Labute approximate surface area is 103 Å². The minimum absolute atomic E-state index is 0.366. The van der Waals surface area contributed by atoms with Crippen LogP contribution in [0.15, 0.2) is 12.4 Å². The molecular weight excluding hydrogens is 212 g/mol. The SMILES string of the molecule is CCC1CCCC(C(O)c2cnc(C)cn2)C1. The molecule has 94 valence electrons. The number of hydrogen-bond acceptors (Lipinski definition) is 3. The normalized spacial score (nSPS) is 26.8. The zero-order valence-corrected chi connectivity index (χ0v) is 10.8. The fourth-order valence-electron chi connectivity index (χ4n) is 2.79. The van der Waals surface area contributed by atoms with Crippen molar-refractivity contribution < 1.29 is 5.11 Å². The molecule has 1 aromatic rings. The van der Waals surface area contributed by atoms with E-state index in [1.165, 1.54) is 19.3 Å². The molecule has 1 aliphatic rings. The molecule has 0 aromatic carbocycles. The number of aryl methyl sites for hydroxylation is 1. The Morgan fingerprint density at radius 1 is 1.35 bits per heavy atom. The van der Waals surface area contributed by atoms with Crippen LogP contribution in [0.3, 0.4) is 0 Å². The lowest BCUT2D eigenvalue weighted by Crippen LogP contribution is -2.22. The molecule has 3 nitrogen and oxygen atoms in total. The second-order valence-corrected chi connectivity index (χ2v) is 5.23. The van der Waals surface area contributed by atoms with Crippen LogP contribution < -0.4 is 0 Å². The van der Waals surface area contributed by atoms with E-state index in [1.54, 1.807) is 12.4 Å². The van der Waals surface area contributed by atoms with Crippen molar-refractivity contribution in [3.05, 3.63) is 23.8 Å². The minimum atomic E-state index is -0.433. The third kappa shape index (κ3) is 3.03. The molecule has 1 N–H and O–H groups in total. The zero-order valence-electron chi connectivity index (χ0n) is 10.8. The lowest BCUT2D eigenvalue weighted by Gasteiger charge is -2.31. The smallest absolute Gasteiger partial charge is 0.100 e. The molecule has 3 atom stereocenters. The van der Waals surface area contributed by atoms with Crippen molar-refractivity contribution in [2.45, 2.75) is 52.1 Å². The van der Waals surface area contributed by atoms with E-state index in [0.717, 1.165) is 30.1 Å². The first-order valence-electron chi connectivity index (χ1n) is 6.67. The number of hydrogen-bond donors (Lipinski definition) is 1. The summed E-state index contributed by atoms with van der Waals surface area (Å²) in [6.45, 7) is 4.15. The summed E-state index contributed by atoms with van der Waals surface area (Å²) in [6, 6.07) is 0. The number of rotatable bonds is 3. The Balaban J connectivity index is 2.03.